The van der Waals surface area contributed by atoms with Crippen LogP contribution in [-0.4, -0.2) is 50.3 Å². The zero-order chi connectivity index (χ0) is 21.1. The van der Waals surface area contributed by atoms with Gasteiger partial charge in [-0.05, 0) is 36.8 Å². The molecule has 2 aromatic rings. The van der Waals surface area contributed by atoms with Crippen molar-refractivity contribution in [2.45, 2.75) is 11.8 Å². The number of aromatic nitrogens is 1. The van der Waals surface area contributed by atoms with E-state index in [4.69, 9.17) is 27.9 Å². The first kappa shape index (κ1) is 22.1. The summed E-state index contributed by atoms with van der Waals surface area (Å²) in [6.07, 6.45) is 1.34. The highest BCUT2D eigenvalue weighted by Gasteiger charge is 2.18. The number of amides is 1. The summed E-state index contributed by atoms with van der Waals surface area (Å²) >= 11 is 11.9. The minimum absolute atomic E-state index is 0.0330. The summed E-state index contributed by atoms with van der Waals surface area (Å²) in [6, 6.07) is 5.17. The molecule has 0 radical (unpaired) electrons. The lowest BCUT2D eigenvalue weighted by molar-refractivity contribution is -0.119. The second kappa shape index (κ2) is 8.87. The molecule has 0 fully saturated rings. The lowest BCUT2D eigenvalue weighted by Gasteiger charge is -2.11. The van der Waals surface area contributed by atoms with E-state index in [2.05, 4.69) is 10.3 Å². The van der Waals surface area contributed by atoms with Gasteiger partial charge in [0.1, 0.15) is 0 Å². The van der Waals surface area contributed by atoms with Gasteiger partial charge in [-0.15, -0.1) is 0 Å². The third-order valence-electron chi connectivity index (χ3n) is 3.66. The smallest absolute Gasteiger partial charge is 0.338 e. The van der Waals surface area contributed by atoms with Gasteiger partial charge in [-0.25, -0.2) is 22.5 Å². The van der Waals surface area contributed by atoms with Crippen molar-refractivity contribution in [3.05, 3.63) is 51.6 Å². The molecule has 150 valence electrons. The highest BCUT2D eigenvalue weighted by Crippen LogP contribution is 2.28. The Hall–Kier alpha value is -2.20. The van der Waals surface area contributed by atoms with Crippen LogP contribution in [0.3, 0.4) is 0 Å². The Morgan fingerprint density at radius 3 is 2.36 bits per heavy atom. The SMILES string of the molecule is Cc1c(Cl)cnc(NC(=O)COC(=O)c2ccc(S(=O)(=O)N(C)C)cc2)c1Cl. The number of benzene rings is 1. The summed E-state index contributed by atoms with van der Waals surface area (Å²) in [5.41, 5.74) is 0.655. The van der Waals surface area contributed by atoms with Crippen molar-refractivity contribution in [1.29, 1.82) is 0 Å². The molecule has 1 heterocycles. The molecule has 2 rings (SSSR count). The van der Waals surface area contributed by atoms with Crippen molar-refractivity contribution in [3.63, 3.8) is 0 Å². The number of anilines is 1. The lowest BCUT2D eigenvalue weighted by atomic mass is 10.2. The van der Waals surface area contributed by atoms with E-state index in [9.17, 15) is 18.0 Å². The Morgan fingerprint density at radius 2 is 1.79 bits per heavy atom. The number of esters is 1. The Balaban J connectivity index is 1.99. The number of carbonyl (C=O) groups is 2. The number of hydrogen-bond acceptors (Lipinski definition) is 6. The fourth-order valence-electron chi connectivity index (χ4n) is 2.00. The number of pyridine rings is 1. The first-order valence-electron chi connectivity index (χ1n) is 7.84. The van der Waals surface area contributed by atoms with E-state index in [1.807, 2.05) is 0 Å². The van der Waals surface area contributed by atoms with Crippen molar-refractivity contribution in [1.82, 2.24) is 9.29 Å². The summed E-state index contributed by atoms with van der Waals surface area (Å²) in [7, 11) is -0.798. The van der Waals surface area contributed by atoms with Gasteiger partial charge in [0, 0.05) is 20.3 Å². The molecule has 11 heteroatoms. The summed E-state index contributed by atoms with van der Waals surface area (Å²) in [4.78, 5) is 27.9. The molecule has 0 bridgehead atoms. The number of rotatable bonds is 6. The predicted octanol–water partition coefficient (Wildman–Crippen LogP) is 2.74. The number of sulfonamides is 1. The summed E-state index contributed by atoms with van der Waals surface area (Å²) in [5.74, 6) is -1.32. The molecule has 1 amide bonds. The second-order valence-electron chi connectivity index (χ2n) is 5.83. The van der Waals surface area contributed by atoms with E-state index in [0.29, 0.717) is 10.6 Å². The Kier molecular flexibility index (Phi) is 7.00. The van der Waals surface area contributed by atoms with Gasteiger partial charge < -0.3 is 10.1 Å². The topological polar surface area (TPSA) is 106 Å². The molecule has 0 spiro atoms. The van der Waals surface area contributed by atoms with Crippen LogP contribution in [0.2, 0.25) is 10.0 Å². The van der Waals surface area contributed by atoms with Gasteiger partial charge >= 0.3 is 5.97 Å². The minimum atomic E-state index is -3.60. The van der Waals surface area contributed by atoms with Crippen LogP contribution in [0, 0.1) is 6.92 Å². The quantitative estimate of drug-likeness (QED) is 0.685. The van der Waals surface area contributed by atoms with Crippen LogP contribution in [0.1, 0.15) is 15.9 Å². The summed E-state index contributed by atoms with van der Waals surface area (Å²) in [6.45, 7) is 1.10. The maximum atomic E-state index is 12.0. The molecule has 0 aliphatic carbocycles. The molecule has 1 aromatic carbocycles. The maximum Gasteiger partial charge on any atom is 0.338 e. The zero-order valence-electron chi connectivity index (χ0n) is 15.2. The average Bonchev–Trinajstić information content (AvgIpc) is 2.66. The molecule has 0 saturated heterocycles. The molecule has 0 saturated carbocycles. The van der Waals surface area contributed by atoms with Crippen LogP contribution in [0.25, 0.3) is 0 Å². The molecule has 0 atom stereocenters. The Morgan fingerprint density at radius 1 is 1.18 bits per heavy atom. The van der Waals surface area contributed by atoms with Crippen molar-refractivity contribution in [2.75, 3.05) is 26.0 Å². The Labute approximate surface area is 172 Å². The monoisotopic (exact) mass is 445 g/mol. The molecule has 8 nitrogen and oxygen atoms in total. The van der Waals surface area contributed by atoms with Crippen molar-refractivity contribution < 1.29 is 22.7 Å². The van der Waals surface area contributed by atoms with Crippen LogP contribution in [-0.2, 0) is 19.6 Å². The first-order chi connectivity index (χ1) is 13.0. The highest BCUT2D eigenvalue weighted by atomic mass is 35.5. The van der Waals surface area contributed by atoms with E-state index >= 15 is 0 Å². The number of hydrogen-bond donors (Lipinski definition) is 1. The van der Waals surface area contributed by atoms with Crippen LogP contribution < -0.4 is 5.32 Å². The van der Waals surface area contributed by atoms with Crippen molar-refractivity contribution >= 4 is 50.9 Å². The number of halogens is 2. The molecule has 1 aromatic heterocycles. The minimum Gasteiger partial charge on any atom is -0.452 e. The summed E-state index contributed by atoms with van der Waals surface area (Å²) < 4.78 is 30.0. The van der Waals surface area contributed by atoms with Crippen molar-refractivity contribution in [3.8, 4) is 0 Å². The number of nitrogens with one attached hydrogen (secondary N) is 1. The van der Waals surface area contributed by atoms with Gasteiger partial charge in [-0.3, -0.25) is 4.79 Å². The molecule has 1 N–H and O–H groups in total. The van der Waals surface area contributed by atoms with Gasteiger partial charge in [0.05, 0.1) is 20.5 Å². The maximum absolute atomic E-state index is 12.0. The van der Waals surface area contributed by atoms with Gasteiger partial charge in [0.25, 0.3) is 5.91 Å². The van der Waals surface area contributed by atoms with Crippen LogP contribution in [0.15, 0.2) is 35.4 Å². The van der Waals surface area contributed by atoms with E-state index in [1.165, 1.54) is 44.6 Å². The van der Waals surface area contributed by atoms with Crippen molar-refractivity contribution in [2.24, 2.45) is 0 Å². The Bertz CT molecular complexity index is 1010. The van der Waals surface area contributed by atoms with Crippen LogP contribution in [0.5, 0.6) is 0 Å². The molecular formula is C17H17Cl2N3O5S. The van der Waals surface area contributed by atoms with E-state index in [0.717, 1.165) is 4.31 Å². The molecule has 0 aliphatic rings. The largest absolute Gasteiger partial charge is 0.452 e. The second-order valence-corrected chi connectivity index (χ2v) is 8.77. The predicted molar refractivity (Wildman–Crippen MR) is 105 cm³/mol. The number of carbonyl (C=O) groups excluding carboxylic acids is 2. The molecule has 0 unspecified atom stereocenters. The third-order valence-corrected chi connectivity index (χ3v) is 6.34. The van der Waals surface area contributed by atoms with E-state index in [-0.39, 0.29) is 21.3 Å². The summed E-state index contributed by atoms with van der Waals surface area (Å²) in [5, 5.41) is 2.96. The molecule has 0 aliphatic heterocycles. The third kappa shape index (κ3) is 4.99. The normalized spacial score (nSPS) is 11.4. The standard InChI is InChI=1S/C17H17Cl2N3O5S/c1-10-13(18)8-20-16(15(10)19)21-14(23)9-27-17(24)11-4-6-12(7-5-11)28(25,26)22(2)3/h4-8H,9H2,1-3H3,(H,20,21,23). The van der Waals surface area contributed by atoms with Gasteiger partial charge in [0.2, 0.25) is 10.0 Å². The molecular weight excluding hydrogens is 429 g/mol. The zero-order valence-corrected chi connectivity index (χ0v) is 17.5. The molecule has 28 heavy (non-hydrogen) atoms. The van der Waals surface area contributed by atoms with Crippen LogP contribution in [0.4, 0.5) is 5.82 Å². The average molecular weight is 446 g/mol. The number of nitrogens with zero attached hydrogens (tertiary/aromatic N) is 2. The fraction of sp³-hybridized carbons (Fsp3) is 0.235. The van der Waals surface area contributed by atoms with Gasteiger partial charge in [-0.1, -0.05) is 23.2 Å². The van der Waals surface area contributed by atoms with E-state index < -0.39 is 28.5 Å². The highest BCUT2D eigenvalue weighted by molar-refractivity contribution is 7.89. The van der Waals surface area contributed by atoms with Gasteiger partial charge in [0.15, 0.2) is 12.4 Å². The van der Waals surface area contributed by atoms with Crippen LogP contribution >= 0.6 is 23.2 Å². The fourth-order valence-corrected chi connectivity index (χ4v) is 3.29. The first-order valence-corrected chi connectivity index (χ1v) is 10.0. The lowest BCUT2D eigenvalue weighted by Crippen LogP contribution is -2.23. The number of ether oxygens (including phenoxy) is 1. The van der Waals surface area contributed by atoms with E-state index in [1.54, 1.807) is 6.92 Å². The van der Waals surface area contributed by atoms with Gasteiger partial charge in [-0.2, -0.15) is 0 Å².